The van der Waals surface area contributed by atoms with Crippen molar-refractivity contribution in [3.05, 3.63) is 71.5 Å². The van der Waals surface area contributed by atoms with E-state index >= 15 is 0 Å². The van der Waals surface area contributed by atoms with Crippen LogP contribution in [0.3, 0.4) is 0 Å². The van der Waals surface area contributed by atoms with Gasteiger partial charge in [-0.05, 0) is 37.3 Å². The number of pyridine rings is 1. The third-order valence-corrected chi connectivity index (χ3v) is 6.34. The van der Waals surface area contributed by atoms with Gasteiger partial charge in [0.2, 0.25) is 0 Å². The Morgan fingerprint density at radius 2 is 1.92 bits per heavy atom. The van der Waals surface area contributed by atoms with Crippen molar-refractivity contribution in [1.82, 2.24) is 25.4 Å². The number of fused-ring (bicyclic) bond motifs is 1. The molecule has 0 saturated carbocycles. The number of aryl methyl sites for hydroxylation is 2. The molecule has 37 heavy (non-hydrogen) atoms. The molecule has 0 unspecified atom stereocenters. The molecule has 1 aliphatic rings. The van der Waals surface area contributed by atoms with Crippen LogP contribution in [0.15, 0.2) is 54.7 Å². The molecular formula is C26H24F3N5O3. The number of halogens is 3. The Bertz CT molecular complexity index is 1480. The SMILES string of the molecule is Cc1nn(C)c2cc(Oc3ccnc(-c4ccc(C(=O)N[C@@H]5CNC[C@H]5O)c(C(F)(F)F)c4)c3)ccc12. The summed E-state index contributed by atoms with van der Waals surface area (Å²) in [6.45, 7) is 2.45. The highest BCUT2D eigenvalue weighted by atomic mass is 19.4. The van der Waals surface area contributed by atoms with Crippen LogP contribution in [0, 0.1) is 6.92 Å². The van der Waals surface area contributed by atoms with Gasteiger partial charge in [-0.3, -0.25) is 14.5 Å². The van der Waals surface area contributed by atoms with Crippen LogP contribution in [0.4, 0.5) is 13.2 Å². The van der Waals surface area contributed by atoms with E-state index in [4.69, 9.17) is 4.74 Å². The first-order valence-corrected chi connectivity index (χ1v) is 11.6. The number of β-amino-alcohol motifs (C(OH)–C–C–N with tert-alkyl or cyclic N) is 1. The maximum Gasteiger partial charge on any atom is 0.417 e. The van der Waals surface area contributed by atoms with Crippen LogP contribution in [-0.4, -0.2) is 51.0 Å². The number of aliphatic hydroxyl groups excluding tert-OH is 1. The molecular weight excluding hydrogens is 487 g/mol. The number of aliphatic hydroxyl groups is 1. The zero-order valence-corrected chi connectivity index (χ0v) is 20.0. The molecule has 3 heterocycles. The number of aromatic nitrogens is 3. The summed E-state index contributed by atoms with van der Waals surface area (Å²) in [5.41, 5.74) is 0.589. The van der Waals surface area contributed by atoms with Crippen molar-refractivity contribution in [1.29, 1.82) is 0 Å². The van der Waals surface area contributed by atoms with E-state index in [2.05, 4.69) is 20.7 Å². The Morgan fingerprint density at radius 3 is 2.65 bits per heavy atom. The predicted molar refractivity (Wildman–Crippen MR) is 130 cm³/mol. The molecule has 0 bridgehead atoms. The number of nitrogens with zero attached hydrogens (tertiary/aromatic N) is 3. The third-order valence-electron chi connectivity index (χ3n) is 6.34. The molecule has 4 aromatic rings. The normalized spacial score (nSPS) is 17.8. The zero-order chi connectivity index (χ0) is 26.3. The highest BCUT2D eigenvalue weighted by Crippen LogP contribution is 2.36. The largest absolute Gasteiger partial charge is 0.457 e. The van der Waals surface area contributed by atoms with Gasteiger partial charge in [0.1, 0.15) is 11.5 Å². The number of benzene rings is 2. The zero-order valence-electron chi connectivity index (χ0n) is 20.0. The van der Waals surface area contributed by atoms with Gasteiger partial charge in [0.25, 0.3) is 5.91 Å². The fourth-order valence-corrected chi connectivity index (χ4v) is 4.44. The molecule has 2 atom stereocenters. The summed E-state index contributed by atoms with van der Waals surface area (Å²) >= 11 is 0. The van der Waals surface area contributed by atoms with Gasteiger partial charge in [-0.25, -0.2) is 0 Å². The second-order valence-corrected chi connectivity index (χ2v) is 8.93. The number of alkyl halides is 3. The van der Waals surface area contributed by atoms with Gasteiger partial charge in [0.05, 0.1) is 40.2 Å². The van der Waals surface area contributed by atoms with Crippen molar-refractivity contribution >= 4 is 16.8 Å². The van der Waals surface area contributed by atoms with Crippen molar-refractivity contribution in [2.75, 3.05) is 13.1 Å². The van der Waals surface area contributed by atoms with Crippen molar-refractivity contribution in [3.8, 4) is 22.8 Å². The smallest absolute Gasteiger partial charge is 0.417 e. The van der Waals surface area contributed by atoms with Crippen LogP contribution in [0.1, 0.15) is 21.6 Å². The first-order valence-electron chi connectivity index (χ1n) is 11.6. The number of hydrogen-bond donors (Lipinski definition) is 3. The molecule has 2 aromatic heterocycles. The molecule has 1 aliphatic heterocycles. The topological polar surface area (TPSA) is 101 Å². The van der Waals surface area contributed by atoms with Gasteiger partial charge < -0.3 is 20.5 Å². The summed E-state index contributed by atoms with van der Waals surface area (Å²) in [6.07, 6.45) is -4.20. The second kappa shape index (κ2) is 9.49. The van der Waals surface area contributed by atoms with Gasteiger partial charge in [-0.1, -0.05) is 6.07 Å². The minimum atomic E-state index is -4.78. The Kier molecular flexibility index (Phi) is 6.34. The summed E-state index contributed by atoms with van der Waals surface area (Å²) < 4.78 is 49.5. The van der Waals surface area contributed by atoms with Crippen molar-refractivity contribution < 1.29 is 27.8 Å². The number of carbonyl (C=O) groups is 1. The molecule has 1 amide bonds. The molecule has 8 nitrogen and oxygen atoms in total. The lowest BCUT2D eigenvalue weighted by molar-refractivity contribution is -0.137. The molecule has 3 N–H and O–H groups in total. The summed E-state index contributed by atoms with van der Waals surface area (Å²) in [5.74, 6) is 0.0260. The van der Waals surface area contributed by atoms with Crippen LogP contribution >= 0.6 is 0 Å². The summed E-state index contributed by atoms with van der Waals surface area (Å²) in [6, 6.07) is 11.4. The van der Waals surface area contributed by atoms with E-state index in [1.165, 1.54) is 18.3 Å². The molecule has 1 fully saturated rings. The molecule has 5 rings (SSSR count). The fourth-order valence-electron chi connectivity index (χ4n) is 4.44. The van der Waals surface area contributed by atoms with E-state index < -0.39 is 35.4 Å². The van der Waals surface area contributed by atoms with Crippen molar-refractivity contribution in [2.45, 2.75) is 25.2 Å². The van der Waals surface area contributed by atoms with Crippen LogP contribution in [0.25, 0.3) is 22.2 Å². The van der Waals surface area contributed by atoms with Gasteiger partial charge in [0, 0.05) is 49.4 Å². The van der Waals surface area contributed by atoms with Crippen LogP contribution < -0.4 is 15.4 Å². The van der Waals surface area contributed by atoms with E-state index in [9.17, 15) is 23.1 Å². The fraction of sp³-hybridized carbons (Fsp3) is 0.269. The number of rotatable bonds is 5. The third kappa shape index (κ3) is 5.00. The van der Waals surface area contributed by atoms with Gasteiger partial charge >= 0.3 is 6.18 Å². The number of ether oxygens (including phenoxy) is 1. The van der Waals surface area contributed by atoms with E-state index in [-0.39, 0.29) is 24.3 Å². The number of amides is 1. The molecule has 2 aromatic carbocycles. The second-order valence-electron chi connectivity index (χ2n) is 8.93. The average Bonchev–Trinajstić information content (AvgIpc) is 3.39. The lowest BCUT2D eigenvalue weighted by Crippen LogP contribution is -2.43. The summed E-state index contributed by atoms with van der Waals surface area (Å²) in [5, 5.41) is 20.6. The molecule has 192 valence electrons. The Labute approximate surface area is 210 Å². The molecule has 11 heteroatoms. The standard InChI is InChI=1S/C26H24F3N5O3/c1-14-18-6-4-16(11-23(18)34(2)33-14)37-17-7-8-31-21(10-17)15-3-5-19(20(9-15)26(27,28)29)25(36)32-22-12-30-13-24(22)35/h3-11,22,24,30,35H,12-13H2,1-2H3,(H,32,36)/t22-,24-/m1/s1. The van der Waals surface area contributed by atoms with Crippen LogP contribution in [0.2, 0.25) is 0 Å². The number of nitrogens with one attached hydrogen (secondary N) is 2. The number of carbonyl (C=O) groups excluding carboxylic acids is 1. The van der Waals surface area contributed by atoms with E-state index in [1.54, 1.807) is 16.8 Å². The predicted octanol–water partition coefficient (Wildman–Crippen LogP) is 3.82. The highest BCUT2D eigenvalue weighted by Gasteiger charge is 2.37. The summed E-state index contributed by atoms with van der Waals surface area (Å²) in [4.78, 5) is 16.9. The summed E-state index contributed by atoms with van der Waals surface area (Å²) in [7, 11) is 1.83. The van der Waals surface area contributed by atoms with Gasteiger partial charge in [-0.15, -0.1) is 0 Å². The lowest BCUT2D eigenvalue weighted by Gasteiger charge is -2.18. The highest BCUT2D eigenvalue weighted by molar-refractivity contribution is 5.96. The molecule has 0 aliphatic carbocycles. The Hall–Kier alpha value is -3.96. The van der Waals surface area contributed by atoms with Gasteiger partial charge in [0.15, 0.2) is 0 Å². The Morgan fingerprint density at radius 1 is 1.14 bits per heavy atom. The van der Waals surface area contributed by atoms with Crippen LogP contribution in [0.5, 0.6) is 11.5 Å². The molecule has 0 radical (unpaired) electrons. The van der Waals surface area contributed by atoms with Gasteiger partial charge in [-0.2, -0.15) is 18.3 Å². The van der Waals surface area contributed by atoms with Crippen molar-refractivity contribution in [2.24, 2.45) is 7.05 Å². The maximum absolute atomic E-state index is 13.9. The monoisotopic (exact) mass is 511 g/mol. The minimum Gasteiger partial charge on any atom is -0.457 e. The Balaban J connectivity index is 1.43. The average molecular weight is 512 g/mol. The molecule has 1 saturated heterocycles. The van der Waals surface area contributed by atoms with E-state index in [0.717, 1.165) is 28.7 Å². The van der Waals surface area contributed by atoms with Crippen LogP contribution in [-0.2, 0) is 13.2 Å². The van der Waals surface area contributed by atoms with E-state index in [0.29, 0.717) is 11.5 Å². The number of hydrogen-bond acceptors (Lipinski definition) is 6. The quantitative estimate of drug-likeness (QED) is 0.377. The first-order chi connectivity index (χ1) is 17.6. The minimum absolute atomic E-state index is 0.176. The first kappa shape index (κ1) is 24.7. The van der Waals surface area contributed by atoms with Crippen molar-refractivity contribution in [3.63, 3.8) is 0 Å². The molecule has 0 spiro atoms. The lowest BCUT2D eigenvalue weighted by atomic mass is 10.00. The van der Waals surface area contributed by atoms with E-state index in [1.807, 2.05) is 26.1 Å². The maximum atomic E-state index is 13.9.